The van der Waals surface area contributed by atoms with E-state index in [1.807, 2.05) is 6.92 Å². The van der Waals surface area contributed by atoms with Crippen molar-refractivity contribution in [2.45, 2.75) is 13.5 Å². The lowest BCUT2D eigenvalue weighted by Crippen LogP contribution is -2.31. The van der Waals surface area contributed by atoms with Gasteiger partial charge in [-0.2, -0.15) is 0 Å². The maximum atomic E-state index is 13.7. The van der Waals surface area contributed by atoms with Gasteiger partial charge in [-0.1, -0.05) is 0 Å². The van der Waals surface area contributed by atoms with Crippen LogP contribution in [0.2, 0.25) is 0 Å². The van der Waals surface area contributed by atoms with Gasteiger partial charge in [-0.3, -0.25) is 4.99 Å². The predicted octanol–water partition coefficient (Wildman–Crippen LogP) is 4.46. The minimum Gasteiger partial charge on any atom is -0.493 e. The fraction of sp³-hybridized carbons (Fsp3) is 0.278. The van der Waals surface area contributed by atoms with Crippen molar-refractivity contribution in [2.24, 2.45) is 4.99 Å². The molecular formula is C18H20F4IN3O2. The van der Waals surface area contributed by atoms with E-state index in [1.165, 1.54) is 14.2 Å². The van der Waals surface area contributed by atoms with Crippen molar-refractivity contribution >= 4 is 35.6 Å². The molecule has 0 amide bonds. The summed E-state index contributed by atoms with van der Waals surface area (Å²) < 4.78 is 64.7. The number of nitrogens with zero attached hydrogens (tertiary/aromatic N) is 1. The highest BCUT2D eigenvalue weighted by atomic mass is 127. The van der Waals surface area contributed by atoms with Crippen molar-refractivity contribution in [3.63, 3.8) is 0 Å². The predicted molar refractivity (Wildman–Crippen MR) is 110 cm³/mol. The highest BCUT2D eigenvalue weighted by molar-refractivity contribution is 14.0. The first-order chi connectivity index (χ1) is 12.9. The van der Waals surface area contributed by atoms with E-state index in [1.54, 1.807) is 18.2 Å². The Morgan fingerprint density at radius 2 is 1.68 bits per heavy atom. The first-order valence-electron chi connectivity index (χ1n) is 8.01. The summed E-state index contributed by atoms with van der Waals surface area (Å²) in [7, 11) is 2.92. The van der Waals surface area contributed by atoms with Crippen LogP contribution in [0.1, 0.15) is 12.5 Å². The van der Waals surface area contributed by atoms with Gasteiger partial charge in [0.1, 0.15) is 0 Å². The van der Waals surface area contributed by atoms with Gasteiger partial charge < -0.3 is 20.1 Å². The van der Waals surface area contributed by atoms with E-state index in [-0.39, 0.29) is 36.0 Å². The highest BCUT2D eigenvalue weighted by Gasteiger charge is 2.19. The monoisotopic (exact) mass is 513 g/mol. The molecule has 0 aliphatic carbocycles. The Morgan fingerprint density at radius 3 is 2.21 bits per heavy atom. The molecule has 5 nitrogen and oxygen atoms in total. The molecule has 0 saturated heterocycles. The summed E-state index contributed by atoms with van der Waals surface area (Å²) in [6.45, 7) is 1.79. The summed E-state index contributed by atoms with van der Waals surface area (Å²) >= 11 is 0. The topological polar surface area (TPSA) is 54.9 Å². The normalized spacial score (nSPS) is 10.9. The van der Waals surface area contributed by atoms with Crippen molar-refractivity contribution in [1.82, 2.24) is 5.32 Å². The van der Waals surface area contributed by atoms with E-state index in [9.17, 15) is 17.6 Å². The molecule has 0 saturated carbocycles. The standard InChI is InChI=1S/C18H19F4N3O2.HI/c1-4-27-14-6-5-10(7-15(14)26-3)25-18(23-2)24-9-11-16(21)12(19)8-13(20)17(11)22;/h5-8H,4,9H2,1-3H3,(H2,23,24,25);1H. The van der Waals surface area contributed by atoms with Gasteiger partial charge in [0.25, 0.3) is 0 Å². The number of ether oxygens (including phenoxy) is 2. The Bertz CT molecular complexity index is 824. The molecule has 2 aromatic carbocycles. The third kappa shape index (κ3) is 5.63. The first kappa shape index (κ1) is 23.8. The Hall–Kier alpha value is -2.24. The van der Waals surface area contributed by atoms with Gasteiger partial charge in [0.05, 0.1) is 13.7 Å². The average Bonchev–Trinajstić information content (AvgIpc) is 2.66. The Labute approximate surface area is 177 Å². The molecule has 2 rings (SSSR count). The zero-order chi connectivity index (χ0) is 20.0. The maximum absolute atomic E-state index is 13.7. The lowest BCUT2D eigenvalue weighted by atomic mass is 10.2. The van der Waals surface area contributed by atoms with E-state index in [2.05, 4.69) is 15.6 Å². The minimum atomic E-state index is -1.47. The summed E-state index contributed by atoms with van der Waals surface area (Å²) in [5.74, 6) is -4.70. The van der Waals surface area contributed by atoms with Crippen LogP contribution < -0.4 is 20.1 Å². The minimum absolute atomic E-state index is 0. The molecule has 154 valence electrons. The fourth-order valence-corrected chi connectivity index (χ4v) is 2.29. The number of methoxy groups -OCH3 is 1. The number of aliphatic imine (C=N–C) groups is 1. The summed E-state index contributed by atoms with van der Waals surface area (Å²) in [5.41, 5.74) is -0.213. The molecule has 0 unspecified atom stereocenters. The third-order valence-electron chi connectivity index (χ3n) is 3.59. The first-order valence-corrected chi connectivity index (χ1v) is 8.01. The zero-order valence-electron chi connectivity index (χ0n) is 15.4. The molecule has 0 radical (unpaired) electrons. The largest absolute Gasteiger partial charge is 0.493 e. The summed E-state index contributed by atoms with van der Waals surface area (Å²) in [6, 6.07) is 5.16. The van der Waals surface area contributed by atoms with Gasteiger partial charge in [0.2, 0.25) is 0 Å². The van der Waals surface area contributed by atoms with Crippen molar-refractivity contribution in [1.29, 1.82) is 0 Å². The van der Waals surface area contributed by atoms with Crippen LogP contribution in [0.25, 0.3) is 0 Å². The van der Waals surface area contributed by atoms with E-state index < -0.39 is 35.4 Å². The number of hydrogen-bond acceptors (Lipinski definition) is 3. The van der Waals surface area contributed by atoms with Crippen LogP contribution in [0.3, 0.4) is 0 Å². The van der Waals surface area contributed by atoms with E-state index in [0.29, 0.717) is 23.8 Å². The maximum Gasteiger partial charge on any atom is 0.195 e. The SMILES string of the molecule is CCOc1ccc(NC(=NC)NCc2c(F)c(F)cc(F)c2F)cc1OC.I. The van der Waals surface area contributed by atoms with Crippen LogP contribution in [0.15, 0.2) is 29.3 Å². The van der Waals surface area contributed by atoms with Crippen molar-refractivity contribution in [3.05, 3.63) is 53.1 Å². The Balaban J connectivity index is 0.00000392. The van der Waals surface area contributed by atoms with Crippen molar-refractivity contribution < 1.29 is 27.0 Å². The molecule has 10 heteroatoms. The van der Waals surface area contributed by atoms with Gasteiger partial charge >= 0.3 is 0 Å². The molecule has 0 aliphatic rings. The molecule has 0 heterocycles. The third-order valence-corrected chi connectivity index (χ3v) is 3.59. The fourth-order valence-electron chi connectivity index (χ4n) is 2.29. The molecule has 0 spiro atoms. The van der Waals surface area contributed by atoms with Crippen molar-refractivity contribution in [3.8, 4) is 11.5 Å². The second-order valence-electron chi connectivity index (χ2n) is 5.30. The van der Waals surface area contributed by atoms with Crippen molar-refractivity contribution in [2.75, 3.05) is 26.1 Å². The number of nitrogens with one attached hydrogen (secondary N) is 2. The van der Waals surface area contributed by atoms with Crippen LogP contribution in [-0.2, 0) is 6.54 Å². The highest BCUT2D eigenvalue weighted by Crippen LogP contribution is 2.30. The quantitative estimate of drug-likeness (QED) is 0.197. The van der Waals surface area contributed by atoms with Gasteiger partial charge in [0.15, 0.2) is 40.7 Å². The van der Waals surface area contributed by atoms with Gasteiger partial charge in [-0.15, -0.1) is 24.0 Å². The van der Waals surface area contributed by atoms with Crippen LogP contribution in [0, 0.1) is 23.3 Å². The summed E-state index contributed by atoms with van der Waals surface area (Å²) in [4.78, 5) is 3.91. The van der Waals surface area contributed by atoms with E-state index in [4.69, 9.17) is 9.47 Å². The second-order valence-corrected chi connectivity index (χ2v) is 5.30. The number of benzene rings is 2. The molecule has 28 heavy (non-hydrogen) atoms. The Kier molecular flexibility index (Phi) is 9.29. The average molecular weight is 513 g/mol. The molecular weight excluding hydrogens is 493 g/mol. The number of hydrogen-bond donors (Lipinski definition) is 2. The number of anilines is 1. The molecule has 2 N–H and O–H groups in total. The molecule has 2 aromatic rings. The molecule has 0 fully saturated rings. The molecule has 0 bridgehead atoms. The summed E-state index contributed by atoms with van der Waals surface area (Å²) in [5, 5.41) is 5.48. The van der Waals surface area contributed by atoms with E-state index in [0.717, 1.165) is 0 Å². The van der Waals surface area contributed by atoms with Crippen LogP contribution >= 0.6 is 24.0 Å². The number of rotatable bonds is 6. The zero-order valence-corrected chi connectivity index (χ0v) is 17.7. The number of guanidine groups is 1. The summed E-state index contributed by atoms with van der Waals surface area (Å²) in [6.07, 6.45) is 0. The lowest BCUT2D eigenvalue weighted by Gasteiger charge is -2.15. The Morgan fingerprint density at radius 1 is 1.04 bits per heavy atom. The lowest BCUT2D eigenvalue weighted by molar-refractivity contribution is 0.311. The van der Waals surface area contributed by atoms with Gasteiger partial charge in [-0.25, -0.2) is 17.6 Å². The van der Waals surface area contributed by atoms with Gasteiger partial charge in [0, 0.05) is 37.0 Å². The van der Waals surface area contributed by atoms with Crippen LogP contribution in [0.5, 0.6) is 11.5 Å². The van der Waals surface area contributed by atoms with Crippen LogP contribution in [0.4, 0.5) is 23.2 Å². The second kappa shape index (κ2) is 10.9. The van der Waals surface area contributed by atoms with Gasteiger partial charge in [-0.05, 0) is 19.1 Å². The van der Waals surface area contributed by atoms with E-state index >= 15 is 0 Å². The number of halogens is 5. The molecule has 0 aromatic heterocycles. The molecule has 0 atom stereocenters. The van der Waals surface area contributed by atoms with Crippen LogP contribution in [-0.4, -0.2) is 26.7 Å². The smallest absolute Gasteiger partial charge is 0.195 e. The molecule has 0 aliphatic heterocycles.